The third-order valence-corrected chi connectivity index (χ3v) is 15.1. The van der Waals surface area contributed by atoms with Crippen molar-refractivity contribution in [1.82, 2.24) is 5.32 Å². The summed E-state index contributed by atoms with van der Waals surface area (Å²) in [7, 11) is 0. The molecular formula is C64H125NO5. The number of hydrogen-bond donors (Lipinski definition) is 3. The number of unbranched alkanes of at least 4 members (excludes halogenated alkanes) is 49. The van der Waals surface area contributed by atoms with Crippen LogP contribution in [0.15, 0.2) is 12.2 Å². The zero-order chi connectivity index (χ0) is 50.7. The lowest BCUT2D eigenvalue weighted by molar-refractivity contribution is -0.143. The number of nitrogens with one attached hydrogen (secondary N) is 1. The van der Waals surface area contributed by atoms with E-state index in [1.54, 1.807) is 6.08 Å². The van der Waals surface area contributed by atoms with Gasteiger partial charge in [-0.1, -0.05) is 328 Å². The molecule has 0 aromatic carbocycles. The molecule has 1 amide bonds. The van der Waals surface area contributed by atoms with E-state index in [1.807, 2.05) is 6.08 Å². The molecule has 0 bridgehead atoms. The number of hydrogen-bond acceptors (Lipinski definition) is 5. The minimum Gasteiger partial charge on any atom is -0.466 e. The van der Waals surface area contributed by atoms with Crippen LogP contribution in [0.5, 0.6) is 0 Å². The molecule has 0 aliphatic heterocycles. The Morgan fingerprint density at radius 1 is 0.386 bits per heavy atom. The van der Waals surface area contributed by atoms with E-state index in [-0.39, 0.29) is 18.5 Å². The SMILES string of the molecule is CCCCCCCCCCCCCCCCCCCCCCC/C=C/C(O)C(CO)NC(=O)CCCCCCCCCCCCCOC(=O)CCCCCCCCCCCCCCCCCCCCC. The molecule has 0 fully saturated rings. The molecule has 0 saturated heterocycles. The lowest BCUT2D eigenvalue weighted by atomic mass is 10.0. The number of aliphatic hydroxyl groups excluding tert-OH is 2. The Morgan fingerprint density at radius 2 is 0.657 bits per heavy atom. The first-order valence-corrected chi connectivity index (χ1v) is 32.0. The highest BCUT2D eigenvalue weighted by molar-refractivity contribution is 5.76. The van der Waals surface area contributed by atoms with E-state index in [0.29, 0.717) is 19.4 Å². The predicted octanol–water partition coefficient (Wildman–Crippen LogP) is 20.0. The summed E-state index contributed by atoms with van der Waals surface area (Å²) < 4.78 is 5.49. The van der Waals surface area contributed by atoms with Crippen molar-refractivity contribution in [1.29, 1.82) is 0 Å². The molecule has 0 rings (SSSR count). The van der Waals surface area contributed by atoms with Crippen LogP contribution in [0.1, 0.15) is 361 Å². The van der Waals surface area contributed by atoms with Crippen molar-refractivity contribution in [2.45, 2.75) is 373 Å². The van der Waals surface area contributed by atoms with E-state index in [9.17, 15) is 19.8 Å². The van der Waals surface area contributed by atoms with Crippen LogP contribution in [0, 0.1) is 0 Å². The van der Waals surface area contributed by atoms with Gasteiger partial charge in [-0.05, 0) is 32.1 Å². The van der Waals surface area contributed by atoms with Crippen molar-refractivity contribution >= 4 is 11.9 Å². The van der Waals surface area contributed by atoms with Crippen molar-refractivity contribution in [2.75, 3.05) is 13.2 Å². The number of allylic oxidation sites excluding steroid dienone is 1. The molecule has 0 saturated carbocycles. The van der Waals surface area contributed by atoms with Gasteiger partial charge in [0, 0.05) is 12.8 Å². The van der Waals surface area contributed by atoms with Crippen LogP contribution >= 0.6 is 0 Å². The average Bonchev–Trinajstić information content (AvgIpc) is 3.36. The van der Waals surface area contributed by atoms with Gasteiger partial charge in [0.1, 0.15) is 0 Å². The molecule has 0 spiro atoms. The topological polar surface area (TPSA) is 95.9 Å². The Morgan fingerprint density at radius 3 is 0.971 bits per heavy atom. The maximum absolute atomic E-state index is 12.5. The zero-order valence-electron chi connectivity index (χ0n) is 47.5. The molecule has 416 valence electrons. The second kappa shape index (κ2) is 60.2. The van der Waals surface area contributed by atoms with Crippen molar-refractivity contribution in [2.24, 2.45) is 0 Å². The highest BCUT2D eigenvalue weighted by Gasteiger charge is 2.18. The second-order valence-electron chi connectivity index (χ2n) is 22.1. The number of rotatable bonds is 60. The summed E-state index contributed by atoms with van der Waals surface area (Å²) in [5.41, 5.74) is 0. The van der Waals surface area contributed by atoms with Gasteiger partial charge in [0.15, 0.2) is 0 Å². The van der Waals surface area contributed by atoms with E-state index < -0.39 is 12.1 Å². The third kappa shape index (κ3) is 55.9. The van der Waals surface area contributed by atoms with Gasteiger partial charge in [0.05, 0.1) is 25.4 Å². The van der Waals surface area contributed by atoms with E-state index in [1.165, 1.54) is 276 Å². The molecule has 0 heterocycles. The van der Waals surface area contributed by atoms with Gasteiger partial charge in [-0.3, -0.25) is 9.59 Å². The van der Waals surface area contributed by atoms with Crippen molar-refractivity contribution in [3.63, 3.8) is 0 Å². The summed E-state index contributed by atoms with van der Waals surface area (Å²) in [5, 5.41) is 23.2. The van der Waals surface area contributed by atoms with Gasteiger partial charge in [-0.15, -0.1) is 0 Å². The molecule has 0 aromatic heterocycles. The molecule has 6 heteroatoms. The molecule has 2 atom stereocenters. The van der Waals surface area contributed by atoms with Gasteiger partial charge in [-0.25, -0.2) is 0 Å². The monoisotopic (exact) mass is 988 g/mol. The molecule has 0 radical (unpaired) electrons. The summed E-state index contributed by atoms with van der Waals surface area (Å²) in [6.45, 7) is 4.90. The Balaban J connectivity index is 3.46. The molecule has 2 unspecified atom stereocenters. The Kier molecular flexibility index (Phi) is 59.0. The molecule has 0 aliphatic carbocycles. The number of amides is 1. The summed E-state index contributed by atoms with van der Waals surface area (Å²) in [6.07, 6.45) is 72.5. The van der Waals surface area contributed by atoms with Crippen LogP contribution in [0.3, 0.4) is 0 Å². The first-order valence-electron chi connectivity index (χ1n) is 32.0. The molecular weight excluding hydrogens is 863 g/mol. The Labute approximate surface area is 438 Å². The van der Waals surface area contributed by atoms with Gasteiger partial charge in [0.25, 0.3) is 0 Å². The van der Waals surface area contributed by atoms with E-state index in [4.69, 9.17) is 4.74 Å². The maximum Gasteiger partial charge on any atom is 0.305 e. The van der Waals surface area contributed by atoms with Crippen LogP contribution in [0.2, 0.25) is 0 Å². The fraction of sp³-hybridized carbons (Fsp3) is 0.938. The third-order valence-electron chi connectivity index (χ3n) is 15.1. The number of esters is 1. The van der Waals surface area contributed by atoms with Gasteiger partial charge in [0.2, 0.25) is 5.91 Å². The average molecular weight is 989 g/mol. The summed E-state index contributed by atoms with van der Waals surface area (Å²) in [6, 6.07) is -0.642. The minimum absolute atomic E-state index is 0.00931. The quantitative estimate of drug-likeness (QED) is 0.0321. The summed E-state index contributed by atoms with van der Waals surface area (Å²) >= 11 is 0. The Hall–Kier alpha value is -1.40. The van der Waals surface area contributed by atoms with Crippen LogP contribution < -0.4 is 5.32 Å². The first kappa shape index (κ1) is 68.6. The van der Waals surface area contributed by atoms with Gasteiger partial charge in [-0.2, -0.15) is 0 Å². The minimum atomic E-state index is -0.857. The second-order valence-corrected chi connectivity index (χ2v) is 22.1. The standard InChI is InChI=1S/C64H125NO5/c1-3-5-7-9-11-13-15-17-19-21-23-24-25-26-28-29-31-33-36-40-44-48-52-56-62(67)61(60-66)65-63(68)57-53-49-45-41-37-35-39-43-47-51-55-59-70-64(69)58-54-50-46-42-38-34-32-30-27-22-20-18-16-14-12-10-8-6-4-2/h52,56,61-62,66-67H,3-51,53-55,57-60H2,1-2H3,(H,65,68)/b56-52+. The number of carbonyl (C=O) groups is 2. The van der Waals surface area contributed by atoms with E-state index in [0.717, 1.165) is 57.8 Å². The zero-order valence-corrected chi connectivity index (χ0v) is 47.5. The van der Waals surface area contributed by atoms with Gasteiger partial charge >= 0.3 is 5.97 Å². The number of ether oxygens (including phenoxy) is 1. The lowest BCUT2D eigenvalue weighted by Gasteiger charge is -2.20. The van der Waals surface area contributed by atoms with Crippen LogP contribution in [0.4, 0.5) is 0 Å². The fourth-order valence-electron chi connectivity index (χ4n) is 10.2. The highest BCUT2D eigenvalue weighted by atomic mass is 16.5. The van der Waals surface area contributed by atoms with E-state index >= 15 is 0 Å². The lowest BCUT2D eigenvalue weighted by Crippen LogP contribution is -2.45. The fourth-order valence-corrected chi connectivity index (χ4v) is 10.2. The molecule has 6 nitrogen and oxygen atoms in total. The van der Waals surface area contributed by atoms with Crippen LogP contribution in [-0.4, -0.2) is 47.4 Å². The first-order chi connectivity index (χ1) is 34.5. The van der Waals surface area contributed by atoms with Crippen LogP contribution in [-0.2, 0) is 14.3 Å². The summed E-state index contributed by atoms with van der Waals surface area (Å²) in [4.78, 5) is 24.6. The smallest absolute Gasteiger partial charge is 0.305 e. The molecule has 3 N–H and O–H groups in total. The predicted molar refractivity (Wildman–Crippen MR) is 306 cm³/mol. The van der Waals surface area contributed by atoms with Crippen molar-refractivity contribution in [3.05, 3.63) is 12.2 Å². The van der Waals surface area contributed by atoms with E-state index in [2.05, 4.69) is 19.2 Å². The van der Waals surface area contributed by atoms with Gasteiger partial charge < -0.3 is 20.3 Å². The largest absolute Gasteiger partial charge is 0.466 e. The summed E-state index contributed by atoms with van der Waals surface area (Å²) in [5.74, 6) is -0.0912. The Bertz CT molecular complexity index is 1050. The maximum atomic E-state index is 12.5. The molecule has 70 heavy (non-hydrogen) atoms. The normalized spacial score (nSPS) is 12.6. The molecule has 0 aromatic rings. The van der Waals surface area contributed by atoms with Crippen molar-refractivity contribution in [3.8, 4) is 0 Å². The number of carbonyl (C=O) groups excluding carboxylic acids is 2. The van der Waals surface area contributed by atoms with Crippen molar-refractivity contribution < 1.29 is 24.5 Å². The molecule has 0 aliphatic rings. The van der Waals surface area contributed by atoms with Crippen LogP contribution in [0.25, 0.3) is 0 Å². The number of aliphatic hydroxyl groups is 2. The highest BCUT2D eigenvalue weighted by Crippen LogP contribution is 2.18.